The quantitative estimate of drug-likeness (QED) is 0.431. The van der Waals surface area contributed by atoms with E-state index >= 15 is 0 Å². The summed E-state index contributed by atoms with van der Waals surface area (Å²) in [6.07, 6.45) is 3.36. The predicted octanol–water partition coefficient (Wildman–Crippen LogP) is 5.06. The van der Waals surface area contributed by atoms with Crippen molar-refractivity contribution in [2.45, 2.75) is 12.8 Å². The minimum atomic E-state index is -0.541. The fourth-order valence-corrected chi connectivity index (χ4v) is 3.29. The van der Waals surface area contributed by atoms with Gasteiger partial charge in [-0.2, -0.15) is 0 Å². The highest BCUT2D eigenvalue weighted by atomic mass is 32.1. The molecule has 0 aliphatic rings. The molecule has 0 radical (unpaired) electrons. The van der Waals surface area contributed by atoms with E-state index in [-0.39, 0.29) is 17.3 Å². The largest absolute Gasteiger partial charge is 0.490 e. The lowest BCUT2D eigenvalue weighted by atomic mass is 10.1. The molecule has 0 saturated heterocycles. The lowest BCUT2D eigenvalue weighted by Gasteiger charge is -2.19. The third-order valence-electron chi connectivity index (χ3n) is 4.00. The minimum absolute atomic E-state index is 0.143. The molecule has 3 rings (SSSR count). The van der Waals surface area contributed by atoms with Crippen LogP contribution in [-0.2, 0) is 0 Å². The molecule has 0 unspecified atom stereocenters. The van der Waals surface area contributed by atoms with Crippen LogP contribution in [0.15, 0.2) is 54.6 Å². The van der Waals surface area contributed by atoms with E-state index < -0.39 is 5.82 Å². The number of hydrogen-bond acceptors (Lipinski definition) is 4. The number of benzene rings is 2. The number of anilines is 1. The first kappa shape index (κ1) is 18.1. The maximum absolute atomic E-state index is 14.8. The molecule has 1 amide bonds. The fraction of sp³-hybridized carbons (Fsp3) is 0.200. The first-order chi connectivity index (χ1) is 12.6. The summed E-state index contributed by atoms with van der Waals surface area (Å²) in [7, 11) is 1.55. The number of unbranched alkanes of at least 4 members (excludes halogenated alkanes) is 1. The van der Waals surface area contributed by atoms with E-state index in [1.165, 1.54) is 16.2 Å². The van der Waals surface area contributed by atoms with Crippen LogP contribution in [-0.4, -0.2) is 24.5 Å². The molecule has 0 fully saturated rings. The molecule has 0 spiro atoms. The summed E-state index contributed by atoms with van der Waals surface area (Å²) in [5, 5.41) is 0. The number of carbonyl (C=O) groups excluding carboxylic acids is 1. The van der Waals surface area contributed by atoms with Crippen LogP contribution < -0.4 is 9.64 Å². The Hall–Kier alpha value is -2.73. The molecule has 3 aromatic rings. The minimum Gasteiger partial charge on any atom is -0.490 e. The van der Waals surface area contributed by atoms with E-state index in [1.54, 1.807) is 55.0 Å². The summed E-state index contributed by atoms with van der Waals surface area (Å²) in [5.41, 5.74) is 3.24. The van der Waals surface area contributed by atoms with Gasteiger partial charge >= 0.3 is 0 Å². The van der Waals surface area contributed by atoms with E-state index in [2.05, 4.69) is 11.6 Å². The first-order valence-electron chi connectivity index (χ1n) is 8.25. The van der Waals surface area contributed by atoms with Gasteiger partial charge in [0.2, 0.25) is 0 Å². The molecule has 4 nitrogen and oxygen atoms in total. The molecular formula is C20H19FN2O2S. The second-order valence-corrected chi connectivity index (χ2v) is 6.65. The van der Waals surface area contributed by atoms with Gasteiger partial charge in [0.1, 0.15) is 0 Å². The van der Waals surface area contributed by atoms with Gasteiger partial charge in [0, 0.05) is 12.6 Å². The Kier molecular flexibility index (Phi) is 5.63. The Morgan fingerprint density at radius 3 is 3.04 bits per heavy atom. The van der Waals surface area contributed by atoms with Crippen molar-refractivity contribution in [3.05, 3.63) is 65.9 Å². The van der Waals surface area contributed by atoms with Crippen LogP contribution in [0.1, 0.15) is 23.2 Å². The lowest BCUT2D eigenvalue weighted by molar-refractivity contribution is 0.0992. The van der Waals surface area contributed by atoms with Crippen LogP contribution in [0, 0.1) is 5.82 Å². The molecule has 1 aromatic heterocycles. The number of ether oxygens (including phenoxy) is 1. The average molecular weight is 370 g/mol. The van der Waals surface area contributed by atoms with E-state index in [0.29, 0.717) is 12.2 Å². The summed E-state index contributed by atoms with van der Waals surface area (Å²) < 4.78 is 21.2. The van der Waals surface area contributed by atoms with Crippen molar-refractivity contribution in [2.75, 3.05) is 18.6 Å². The highest BCUT2D eigenvalue weighted by molar-refractivity contribution is 7.16. The molecular weight excluding hydrogens is 351 g/mol. The van der Waals surface area contributed by atoms with Crippen molar-refractivity contribution in [1.29, 1.82) is 0 Å². The summed E-state index contributed by atoms with van der Waals surface area (Å²) in [6.45, 7) is 4.04. The number of halogens is 1. The van der Waals surface area contributed by atoms with Crippen LogP contribution in [0.4, 0.5) is 10.1 Å². The molecule has 0 saturated carbocycles. The van der Waals surface area contributed by atoms with Gasteiger partial charge in [0.25, 0.3) is 5.91 Å². The van der Waals surface area contributed by atoms with Gasteiger partial charge in [0.15, 0.2) is 11.6 Å². The predicted molar refractivity (Wildman–Crippen MR) is 104 cm³/mol. The fourth-order valence-electron chi connectivity index (χ4n) is 2.57. The molecule has 0 N–H and O–H groups in total. The van der Waals surface area contributed by atoms with Gasteiger partial charge in [0.05, 0.1) is 28.0 Å². The number of fused-ring (bicyclic) bond motifs is 1. The van der Waals surface area contributed by atoms with Crippen molar-refractivity contribution in [3.8, 4) is 5.75 Å². The topological polar surface area (TPSA) is 42.4 Å². The van der Waals surface area contributed by atoms with Gasteiger partial charge in [-0.15, -0.1) is 17.9 Å². The third kappa shape index (κ3) is 3.75. The maximum Gasteiger partial charge on any atom is 0.258 e. The molecule has 134 valence electrons. The monoisotopic (exact) mass is 370 g/mol. The van der Waals surface area contributed by atoms with Crippen molar-refractivity contribution in [3.63, 3.8) is 0 Å². The molecule has 0 aliphatic carbocycles. The summed E-state index contributed by atoms with van der Waals surface area (Å²) in [4.78, 5) is 18.3. The molecule has 0 aliphatic heterocycles. The smallest absolute Gasteiger partial charge is 0.258 e. The standard InChI is InChI=1S/C20H19FN2O2S/c1-3-4-5-11-25-17-8-6-7-16(19(17)21)23(2)20(24)14-9-10-15-18(12-14)26-13-22-15/h3,6-10,12-13H,1,4-5,11H2,2H3. The van der Waals surface area contributed by atoms with Crippen LogP contribution in [0.3, 0.4) is 0 Å². The first-order valence-corrected chi connectivity index (χ1v) is 9.13. The zero-order chi connectivity index (χ0) is 18.5. The van der Waals surface area contributed by atoms with E-state index in [1.807, 2.05) is 0 Å². The van der Waals surface area contributed by atoms with Crippen molar-refractivity contribution >= 4 is 33.1 Å². The van der Waals surface area contributed by atoms with Crippen molar-refractivity contribution in [2.24, 2.45) is 0 Å². The Bertz CT molecular complexity index is 938. The van der Waals surface area contributed by atoms with Crippen molar-refractivity contribution in [1.82, 2.24) is 4.98 Å². The molecule has 6 heteroatoms. The van der Waals surface area contributed by atoms with Crippen LogP contribution in [0.25, 0.3) is 10.2 Å². The van der Waals surface area contributed by atoms with Gasteiger partial charge < -0.3 is 9.64 Å². The van der Waals surface area contributed by atoms with Crippen LogP contribution in [0.5, 0.6) is 5.75 Å². The highest BCUT2D eigenvalue weighted by Crippen LogP contribution is 2.28. The van der Waals surface area contributed by atoms with E-state index in [9.17, 15) is 9.18 Å². The second-order valence-electron chi connectivity index (χ2n) is 5.77. The molecule has 0 atom stereocenters. The Balaban J connectivity index is 1.80. The van der Waals surface area contributed by atoms with Gasteiger partial charge in [-0.05, 0) is 43.2 Å². The lowest BCUT2D eigenvalue weighted by Crippen LogP contribution is -2.27. The summed E-state index contributed by atoms with van der Waals surface area (Å²) >= 11 is 1.46. The number of allylic oxidation sites excluding steroid dienone is 1. The number of carbonyl (C=O) groups is 1. The number of nitrogens with zero attached hydrogens (tertiary/aromatic N) is 2. The van der Waals surface area contributed by atoms with E-state index in [0.717, 1.165) is 23.1 Å². The van der Waals surface area contributed by atoms with Gasteiger partial charge in [-0.3, -0.25) is 4.79 Å². The summed E-state index contributed by atoms with van der Waals surface area (Å²) in [6, 6.07) is 10.1. The van der Waals surface area contributed by atoms with Gasteiger partial charge in [-0.25, -0.2) is 9.37 Å². The Morgan fingerprint density at radius 2 is 2.23 bits per heavy atom. The number of hydrogen-bond donors (Lipinski definition) is 0. The SMILES string of the molecule is C=CCCCOc1cccc(N(C)C(=O)c2ccc3ncsc3c2)c1F. The highest BCUT2D eigenvalue weighted by Gasteiger charge is 2.19. The van der Waals surface area contributed by atoms with Crippen LogP contribution >= 0.6 is 11.3 Å². The normalized spacial score (nSPS) is 10.7. The summed E-state index contributed by atoms with van der Waals surface area (Å²) in [5.74, 6) is -0.687. The number of aromatic nitrogens is 1. The van der Waals surface area contributed by atoms with Gasteiger partial charge in [-0.1, -0.05) is 12.1 Å². The van der Waals surface area contributed by atoms with E-state index in [4.69, 9.17) is 4.74 Å². The Labute approximate surface area is 155 Å². The Morgan fingerprint density at radius 1 is 1.38 bits per heavy atom. The molecule has 26 heavy (non-hydrogen) atoms. The molecule has 2 aromatic carbocycles. The molecule has 1 heterocycles. The number of thiazole rings is 1. The average Bonchev–Trinajstić information content (AvgIpc) is 3.13. The third-order valence-corrected chi connectivity index (χ3v) is 4.79. The zero-order valence-corrected chi connectivity index (χ0v) is 15.3. The molecule has 0 bridgehead atoms. The van der Waals surface area contributed by atoms with Crippen LogP contribution in [0.2, 0.25) is 0 Å². The number of amides is 1. The second kappa shape index (κ2) is 8.10. The van der Waals surface area contributed by atoms with Crippen molar-refractivity contribution < 1.29 is 13.9 Å². The number of rotatable bonds is 7. The maximum atomic E-state index is 14.8. The zero-order valence-electron chi connectivity index (χ0n) is 14.4.